The van der Waals surface area contributed by atoms with E-state index in [1.807, 2.05) is 48.5 Å². The molecule has 182 valence electrons. The van der Waals surface area contributed by atoms with Crippen LogP contribution in [0.5, 0.6) is 0 Å². The number of aliphatic hydroxyl groups is 1. The highest BCUT2D eigenvalue weighted by atomic mass is 16.5. The van der Waals surface area contributed by atoms with Crippen LogP contribution in [0.1, 0.15) is 29.2 Å². The van der Waals surface area contributed by atoms with E-state index in [9.17, 15) is 24.6 Å². The number of carbonyl (C=O) groups excluding carboxylic acids is 2. The van der Waals surface area contributed by atoms with Gasteiger partial charge in [0.2, 0.25) is 5.91 Å². The maximum Gasteiger partial charge on any atom is 0.407 e. The fourth-order valence-corrected chi connectivity index (χ4v) is 4.21. The normalized spacial score (nSPS) is 13.9. The van der Waals surface area contributed by atoms with Gasteiger partial charge in [-0.1, -0.05) is 48.5 Å². The second kappa shape index (κ2) is 10.8. The number of carboxylic acid groups (broad SMARTS) is 1. The number of rotatable bonds is 10. The van der Waals surface area contributed by atoms with Gasteiger partial charge in [0.25, 0.3) is 0 Å². The standard InChI is InChI=1S/C25H26N4O6/c30-16(10-23(31)29-22(24(32)33)9-15-11-26-14-28-15)12-27-25(34)35-13-21-19-7-3-1-5-17(19)18-6-2-4-8-20(18)21/h1-8,11,14,16,21-22,30H,9-10,12-13H2,(H,26,28)(H,27,34)(H,29,31)(H,32,33). The highest BCUT2D eigenvalue weighted by Crippen LogP contribution is 2.44. The minimum absolute atomic E-state index is 0.0230. The first-order valence-electron chi connectivity index (χ1n) is 11.2. The van der Waals surface area contributed by atoms with Gasteiger partial charge in [-0.2, -0.15) is 0 Å². The van der Waals surface area contributed by atoms with Crippen LogP contribution in [0.3, 0.4) is 0 Å². The molecular formula is C25H26N4O6. The van der Waals surface area contributed by atoms with Gasteiger partial charge in [-0.25, -0.2) is 14.6 Å². The van der Waals surface area contributed by atoms with Crippen molar-refractivity contribution in [3.63, 3.8) is 0 Å². The van der Waals surface area contributed by atoms with Gasteiger partial charge < -0.3 is 30.6 Å². The Kier molecular flexibility index (Phi) is 7.41. The van der Waals surface area contributed by atoms with Crippen molar-refractivity contribution in [1.29, 1.82) is 0 Å². The number of carbonyl (C=O) groups is 3. The molecule has 0 aliphatic heterocycles. The molecule has 0 saturated carbocycles. The zero-order chi connectivity index (χ0) is 24.8. The molecule has 0 saturated heterocycles. The highest BCUT2D eigenvalue weighted by Gasteiger charge is 2.29. The predicted octanol–water partition coefficient (Wildman–Crippen LogP) is 1.81. The number of amides is 2. The van der Waals surface area contributed by atoms with E-state index in [0.29, 0.717) is 5.69 Å². The third kappa shape index (κ3) is 5.85. The average Bonchev–Trinajstić information content (AvgIpc) is 3.47. The molecule has 0 radical (unpaired) electrons. The van der Waals surface area contributed by atoms with Crippen molar-refractivity contribution in [3.05, 3.63) is 77.9 Å². The van der Waals surface area contributed by atoms with Gasteiger partial charge in [-0.15, -0.1) is 0 Å². The number of imidazole rings is 1. The van der Waals surface area contributed by atoms with Gasteiger partial charge in [-0.05, 0) is 22.3 Å². The third-order valence-corrected chi connectivity index (χ3v) is 5.86. The summed E-state index contributed by atoms with van der Waals surface area (Å²) >= 11 is 0. The Morgan fingerprint density at radius 1 is 1.06 bits per heavy atom. The van der Waals surface area contributed by atoms with Gasteiger partial charge in [-0.3, -0.25) is 4.79 Å². The molecule has 35 heavy (non-hydrogen) atoms. The first-order valence-corrected chi connectivity index (χ1v) is 11.2. The minimum atomic E-state index is -1.21. The molecule has 0 bridgehead atoms. The summed E-state index contributed by atoms with van der Waals surface area (Å²) in [4.78, 5) is 42.4. The molecule has 2 amide bonds. The van der Waals surface area contributed by atoms with Crippen LogP contribution in [-0.4, -0.2) is 63.4 Å². The summed E-state index contributed by atoms with van der Waals surface area (Å²) in [6.07, 6.45) is 0.599. The zero-order valence-electron chi connectivity index (χ0n) is 18.8. The summed E-state index contributed by atoms with van der Waals surface area (Å²) < 4.78 is 5.40. The van der Waals surface area contributed by atoms with E-state index in [1.54, 1.807) is 0 Å². The summed E-state index contributed by atoms with van der Waals surface area (Å²) in [5, 5.41) is 24.3. The number of nitrogens with one attached hydrogen (secondary N) is 3. The van der Waals surface area contributed by atoms with E-state index in [-0.39, 0.29) is 31.9 Å². The van der Waals surface area contributed by atoms with E-state index in [0.717, 1.165) is 22.3 Å². The lowest BCUT2D eigenvalue weighted by atomic mass is 9.98. The molecule has 2 aromatic carbocycles. The molecule has 10 heteroatoms. The first-order chi connectivity index (χ1) is 16.9. The Hall–Kier alpha value is -4.18. The lowest BCUT2D eigenvalue weighted by molar-refractivity contribution is -0.142. The van der Waals surface area contributed by atoms with Gasteiger partial charge in [0, 0.05) is 30.8 Å². The van der Waals surface area contributed by atoms with E-state index >= 15 is 0 Å². The third-order valence-electron chi connectivity index (χ3n) is 5.86. The molecule has 1 aromatic heterocycles. The summed E-state index contributed by atoms with van der Waals surface area (Å²) in [6.45, 7) is -0.0906. The average molecular weight is 479 g/mol. The van der Waals surface area contributed by atoms with Crippen LogP contribution in [0, 0.1) is 0 Å². The van der Waals surface area contributed by atoms with Crippen molar-refractivity contribution in [1.82, 2.24) is 20.6 Å². The number of aliphatic carboxylic acids is 1. The number of alkyl carbamates (subject to hydrolysis) is 1. The monoisotopic (exact) mass is 478 g/mol. The van der Waals surface area contributed by atoms with Crippen molar-refractivity contribution in [2.24, 2.45) is 0 Å². The molecule has 2 atom stereocenters. The lowest BCUT2D eigenvalue weighted by Crippen LogP contribution is -2.44. The number of hydrogen-bond donors (Lipinski definition) is 5. The largest absolute Gasteiger partial charge is 0.480 e. The van der Waals surface area contributed by atoms with Crippen molar-refractivity contribution in [3.8, 4) is 11.1 Å². The SMILES string of the molecule is O=C(CC(O)CNC(=O)OCC1c2ccccc2-c2ccccc21)NC(Cc1cnc[nH]1)C(=O)O. The summed E-state index contributed by atoms with van der Waals surface area (Å²) in [6, 6.07) is 14.8. The number of hydrogen-bond acceptors (Lipinski definition) is 6. The van der Waals surface area contributed by atoms with E-state index in [4.69, 9.17) is 4.74 Å². The Labute approximate surface area is 201 Å². The molecule has 1 aliphatic carbocycles. The first kappa shape index (κ1) is 24.0. The highest BCUT2D eigenvalue weighted by molar-refractivity contribution is 5.84. The number of aromatic nitrogens is 2. The maximum absolute atomic E-state index is 12.2. The number of nitrogens with zero attached hydrogens (tertiary/aromatic N) is 1. The van der Waals surface area contributed by atoms with Crippen molar-refractivity contribution < 1.29 is 29.3 Å². The Morgan fingerprint density at radius 3 is 2.31 bits per heavy atom. The maximum atomic E-state index is 12.2. The van der Waals surface area contributed by atoms with E-state index in [2.05, 4.69) is 20.6 Å². The second-order valence-electron chi connectivity index (χ2n) is 8.30. The van der Waals surface area contributed by atoms with Gasteiger partial charge >= 0.3 is 12.1 Å². The van der Waals surface area contributed by atoms with Crippen LogP contribution >= 0.6 is 0 Å². The van der Waals surface area contributed by atoms with Crippen molar-refractivity contribution >= 4 is 18.0 Å². The predicted molar refractivity (Wildman–Crippen MR) is 126 cm³/mol. The Bertz CT molecular complexity index is 1150. The van der Waals surface area contributed by atoms with Gasteiger partial charge in [0.05, 0.1) is 18.9 Å². The van der Waals surface area contributed by atoms with Crippen LogP contribution in [0.2, 0.25) is 0 Å². The molecule has 3 aromatic rings. The number of benzene rings is 2. The molecule has 0 spiro atoms. The number of H-pyrrole nitrogens is 1. The molecule has 10 nitrogen and oxygen atoms in total. The number of aliphatic hydroxyl groups excluding tert-OH is 1. The van der Waals surface area contributed by atoms with Crippen LogP contribution < -0.4 is 10.6 Å². The number of fused-ring (bicyclic) bond motifs is 3. The van der Waals surface area contributed by atoms with E-state index < -0.39 is 30.1 Å². The quantitative estimate of drug-likeness (QED) is 0.298. The Morgan fingerprint density at radius 2 is 1.71 bits per heavy atom. The number of carboxylic acids is 1. The van der Waals surface area contributed by atoms with Gasteiger partial charge in [0.1, 0.15) is 12.6 Å². The summed E-state index contributed by atoms with van der Waals surface area (Å²) in [7, 11) is 0. The van der Waals surface area contributed by atoms with Crippen molar-refractivity contribution in [2.45, 2.75) is 30.9 Å². The Balaban J connectivity index is 1.23. The molecule has 0 fully saturated rings. The lowest BCUT2D eigenvalue weighted by Gasteiger charge is -2.17. The molecule has 2 unspecified atom stereocenters. The fourth-order valence-electron chi connectivity index (χ4n) is 4.21. The van der Waals surface area contributed by atoms with Crippen molar-refractivity contribution in [2.75, 3.05) is 13.2 Å². The topological polar surface area (TPSA) is 154 Å². The second-order valence-corrected chi connectivity index (χ2v) is 8.30. The summed E-state index contributed by atoms with van der Waals surface area (Å²) in [5.41, 5.74) is 4.95. The minimum Gasteiger partial charge on any atom is -0.480 e. The van der Waals surface area contributed by atoms with E-state index in [1.165, 1.54) is 12.5 Å². The number of aromatic amines is 1. The summed E-state index contributed by atoms with van der Waals surface area (Å²) in [5.74, 6) is -1.95. The fraction of sp³-hybridized carbons (Fsp3) is 0.280. The smallest absolute Gasteiger partial charge is 0.407 e. The zero-order valence-corrected chi connectivity index (χ0v) is 18.8. The molecular weight excluding hydrogens is 452 g/mol. The van der Waals surface area contributed by atoms with Crippen LogP contribution in [0.15, 0.2) is 61.1 Å². The van der Waals surface area contributed by atoms with Gasteiger partial charge in [0.15, 0.2) is 0 Å². The molecule has 5 N–H and O–H groups in total. The van der Waals surface area contributed by atoms with Crippen LogP contribution in [-0.2, 0) is 20.7 Å². The molecule has 1 heterocycles. The molecule has 4 rings (SSSR count). The molecule has 1 aliphatic rings. The van der Waals surface area contributed by atoms with Crippen LogP contribution in [0.4, 0.5) is 4.79 Å². The van der Waals surface area contributed by atoms with Crippen LogP contribution in [0.25, 0.3) is 11.1 Å². The number of ether oxygens (including phenoxy) is 1.